The maximum absolute atomic E-state index is 3.69. The third-order valence-electron chi connectivity index (χ3n) is 1.68. The summed E-state index contributed by atoms with van der Waals surface area (Å²) in [6, 6.07) is 4.20. The lowest BCUT2D eigenvalue weighted by Gasteiger charge is -1.94. The Hall–Kier alpha value is -1.37. The van der Waals surface area contributed by atoms with Gasteiger partial charge < -0.3 is 0 Å². The predicted octanol–water partition coefficient (Wildman–Crippen LogP) is 1.89. The van der Waals surface area contributed by atoms with E-state index >= 15 is 0 Å². The Labute approximate surface area is 73.7 Å². The summed E-state index contributed by atoms with van der Waals surface area (Å²) >= 11 is 0. The first kappa shape index (κ1) is 8.72. The van der Waals surface area contributed by atoms with Crippen LogP contribution in [0.1, 0.15) is 5.56 Å². The Morgan fingerprint density at radius 2 is 1.83 bits per heavy atom. The highest BCUT2D eigenvalue weighted by atomic mass is 14.9. The van der Waals surface area contributed by atoms with E-state index < -0.39 is 0 Å². The van der Waals surface area contributed by atoms with Gasteiger partial charge in [0.1, 0.15) is 0 Å². The molecule has 1 aromatic heterocycles. The van der Waals surface area contributed by atoms with Gasteiger partial charge in [0, 0.05) is 12.1 Å². The number of nitrogens with zero attached hydrogens (tertiary/aromatic N) is 1. The largest absolute Gasteiger partial charge is 0.201 e. The Balaban J connectivity index is 2.70. The molecule has 0 unspecified atom stereocenters. The Kier molecular flexibility index (Phi) is 3.27. The highest BCUT2D eigenvalue weighted by molar-refractivity contribution is 5.10. The summed E-state index contributed by atoms with van der Waals surface area (Å²) in [5.74, 6) is 0. The Morgan fingerprint density at radius 1 is 1.17 bits per heavy atom. The summed E-state index contributed by atoms with van der Waals surface area (Å²) in [4.78, 5) is 0. The molecule has 1 rings (SSSR count). The van der Waals surface area contributed by atoms with E-state index in [4.69, 9.17) is 0 Å². The molecule has 0 aliphatic heterocycles. The molecule has 0 aliphatic rings. The van der Waals surface area contributed by atoms with Crippen LogP contribution >= 0.6 is 0 Å². The smallest absolute Gasteiger partial charge is 0.169 e. The van der Waals surface area contributed by atoms with Gasteiger partial charge in [0.2, 0.25) is 0 Å². The van der Waals surface area contributed by atoms with Crippen LogP contribution in [0.2, 0.25) is 0 Å². The van der Waals surface area contributed by atoms with Crippen molar-refractivity contribution < 1.29 is 4.57 Å². The number of rotatable bonds is 4. The average molecular weight is 160 g/mol. The summed E-state index contributed by atoms with van der Waals surface area (Å²) in [6.45, 7) is 8.24. The topological polar surface area (TPSA) is 3.88 Å². The van der Waals surface area contributed by atoms with E-state index in [0.717, 1.165) is 13.0 Å². The Morgan fingerprint density at radius 3 is 2.33 bits per heavy atom. The minimum Gasteiger partial charge on any atom is -0.201 e. The highest BCUT2D eigenvalue weighted by Gasteiger charge is 1.95. The molecule has 0 aliphatic carbocycles. The van der Waals surface area contributed by atoms with Crippen LogP contribution in [0.25, 0.3) is 0 Å². The lowest BCUT2D eigenvalue weighted by atomic mass is 10.2. The maximum Gasteiger partial charge on any atom is 0.169 e. The fraction of sp³-hybridized carbons (Fsp3) is 0.182. The molecule has 1 heteroatoms. The summed E-state index contributed by atoms with van der Waals surface area (Å²) in [7, 11) is 0. The van der Waals surface area contributed by atoms with E-state index in [1.54, 1.807) is 0 Å². The standard InChI is InChI=1S/C11H14N/c1-3-5-11-6-9-12(8-4-2)10-7-11/h3-4,6-7,9-10H,1-2,5,8H2/q+1. The molecule has 0 radical (unpaired) electrons. The van der Waals surface area contributed by atoms with Crippen LogP contribution in [-0.2, 0) is 13.0 Å². The molecule has 0 aromatic carbocycles. The van der Waals surface area contributed by atoms with E-state index in [0.29, 0.717) is 0 Å². The van der Waals surface area contributed by atoms with E-state index in [1.807, 2.05) is 12.2 Å². The minimum atomic E-state index is 0.869. The van der Waals surface area contributed by atoms with Crippen molar-refractivity contribution in [3.63, 3.8) is 0 Å². The zero-order valence-electron chi connectivity index (χ0n) is 7.24. The first-order valence-corrected chi connectivity index (χ1v) is 4.06. The Bertz CT molecular complexity index is 230. The van der Waals surface area contributed by atoms with Crippen LogP contribution in [0.15, 0.2) is 49.8 Å². The number of allylic oxidation sites excluding steroid dienone is 2. The second-order valence-electron chi connectivity index (χ2n) is 2.68. The number of pyridine rings is 1. The molecule has 1 nitrogen and oxygen atoms in total. The summed E-state index contributed by atoms with van der Waals surface area (Å²) in [6.07, 6.45) is 8.84. The summed E-state index contributed by atoms with van der Waals surface area (Å²) in [5.41, 5.74) is 1.30. The van der Waals surface area contributed by atoms with Crippen LogP contribution in [0.4, 0.5) is 0 Å². The van der Waals surface area contributed by atoms with Crippen molar-refractivity contribution >= 4 is 0 Å². The second-order valence-corrected chi connectivity index (χ2v) is 2.68. The molecule has 0 spiro atoms. The van der Waals surface area contributed by atoms with Crippen LogP contribution in [0.3, 0.4) is 0 Å². The van der Waals surface area contributed by atoms with Crippen molar-refractivity contribution in [2.24, 2.45) is 0 Å². The van der Waals surface area contributed by atoms with E-state index in [-0.39, 0.29) is 0 Å². The van der Waals surface area contributed by atoms with Crippen molar-refractivity contribution in [1.82, 2.24) is 0 Å². The molecule has 1 heterocycles. The van der Waals surface area contributed by atoms with Gasteiger partial charge in [-0.25, -0.2) is 4.57 Å². The summed E-state index contributed by atoms with van der Waals surface area (Å²) < 4.78 is 2.08. The third kappa shape index (κ3) is 2.35. The van der Waals surface area contributed by atoms with Gasteiger partial charge in [0.05, 0.1) is 0 Å². The second kappa shape index (κ2) is 4.50. The van der Waals surface area contributed by atoms with Gasteiger partial charge in [-0.15, -0.1) is 6.58 Å². The normalized spacial score (nSPS) is 9.33. The highest BCUT2D eigenvalue weighted by Crippen LogP contribution is 1.96. The molecule has 62 valence electrons. The molecule has 0 amide bonds. The van der Waals surface area contributed by atoms with Gasteiger partial charge in [0.15, 0.2) is 18.9 Å². The van der Waals surface area contributed by atoms with Gasteiger partial charge in [-0.3, -0.25) is 0 Å². The molecule has 0 atom stereocenters. The fourth-order valence-electron chi connectivity index (χ4n) is 1.06. The SMILES string of the molecule is C=CCc1cc[n+](CC=C)cc1. The van der Waals surface area contributed by atoms with Gasteiger partial charge in [0.25, 0.3) is 0 Å². The minimum absolute atomic E-state index is 0.869. The molecule has 0 N–H and O–H groups in total. The first-order chi connectivity index (χ1) is 5.86. The fourth-order valence-corrected chi connectivity index (χ4v) is 1.06. The van der Waals surface area contributed by atoms with Crippen molar-refractivity contribution in [1.29, 1.82) is 0 Å². The number of hydrogen-bond acceptors (Lipinski definition) is 0. The van der Waals surface area contributed by atoms with E-state index in [1.165, 1.54) is 5.56 Å². The molecule has 0 fully saturated rings. The average Bonchev–Trinajstić information content (AvgIpc) is 2.09. The van der Waals surface area contributed by atoms with Crippen LogP contribution in [0.5, 0.6) is 0 Å². The molecular formula is C11H14N+. The van der Waals surface area contributed by atoms with Gasteiger partial charge in [-0.2, -0.15) is 0 Å². The first-order valence-electron chi connectivity index (χ1n) is 4.06. The lowest BCUT2D eigenvalue weighted by Crippen LogP contribution is -2.31. The van der Waals surface area contributed by atoms with Crippen LogP contribution in [-0.4, -0.2) is 0 Å². The molecule has 0 bridgehead atoms. The lowest BCUT2D eigenvalue weighted by molar-refractivity contribution is -0.687. The van der Waals surface area contributed by atoms with Crippen LogP contribution in [0, 0.1) is 0 Å². The molecular weight excluding hydrogens is 146 g/mol. The van der Waals surface area contributed by atoms with Crippen LogP contribution < -0.4 is 4.57 Å². The quantitative estimate of drug-likeness (QED) is 0.468. The monoisotopic (exact) mass is 160 g/mol. The molecule has 0 saturated heterocycles. The van der Waals surface area contributed by atoms with E-state index in [2.05, 4.69) is 42.3 Å². The number of hydrogen-bond donors (Lipinski definition) is 0. The van der Waals surface area contributed by atoms with Crippen molar-refractivity contribution in [3.8, 4) is 0 Å². The van der Waals surface area contributed by atoms with E-state index in [9.17, 15) is 0 Å². The maximum atomic E-state index is 3.69. The van der Waals surface area contributed by atoms with Gasteiger partial charge in [-0.1, -0.05) is 12.7 Å². The zero-order valence-corrected chi connectivity index (χ0v) is 7.24. The molecule has 0 saturated carbocycles. The van der Waals surface area contributed by atoms with Crippen molar-refractivity contribution in [2.45, 2.75) is 13.0 Å². The van der Waals surface area contributed by atoms with Crippen molar-refractivity contribution in [2.75, 3.05) is 0 Å². The zero-order chi connectivity index (χ0) is 8.81. The third-order valence-corrected chi connectivity index (χ3v) is 1.68. The van der Waals surface area contributed by atoms with Gasteiger partial charge >= 0.3 is 0 Å². The summed E-state index contributed by atoms with van der Waals surface area (Å²) in [5, 5.41) is 0. The molecule has 12 heavy (non-hydrogen) atoms. The number of aromatic nitrogens is 1. The molecule has 1 aromatic rings. The van der Waals surface area contributed by atoms with Gasteiger partial charge in [-0.05, 0) is 18.1 Å². The van der Waals surface area contributed by atoms with Crippen molar-refractivity contribution in [3.05, 3.63) is 55.4 Å². The predicted molar refractivity (Wildman–Crippen MR) is 50.7 cm³/mol.